The normalized spacial score (nSPS) is 10.7. The molecule has 0 heterocycles. The Morgan fingerprint density at radius 3 is 2.17 bits per heavy atom. The van der Waals surface area contributed by atoms with Crippen molar-refractivity contribution < 1.29 is 32.2 Å². The van der Waals surface area contributed by atoms with E-state index in [0.29, 0.717) is 0 Å². The summed E-state index contributed by atoms with van der Waals surface area (Å²) in [5, 5.41) is 2.13. The lowest BCUT2D eigenvalue weighted by Gasteiger charge is -2.09. The van der Waals surface area contributed by atoms with Gasteiger partial charge in [-0.3, -0.25) is 4.79 Å². The van der Waals surface area contributed by atoms with Crippen LogP contribution in [0.2, 0.25) is 0 Å². The summed E-state index contributed by atoms with van der Waals surface area (Å²) in [5.41, 5.74) is 0.139. The quantitative estimate of drug-likeness (QED) is 0.651. The summed E-state index contributed by atoms with van der Waals surface area (Å²) in [5.74, 6) is -2.56. The van der Waals surface area contributed by atoms with Crippen LogP contribution in [0.15, 0.2) is 24.3 Å². The number of ether oxygens (including phenoxy) is 2. The summed E-state index contributed by atoms with van der Waals surface area (Å²) >= 11 is 0. The second-order valence-electron chi connectivity index (χ2n) is 3.02. The van der Waals surface area contributed by atoms with Gasteiger partial charge < -0.3 is 14.8 Å². The van der Waals surface area contributed by atoms with E-state index in [1.165, 1.54) is 0 Å². The molecule has 1 aromatic carbocycles. The van der Waals surface area contributed by atoms with E-state index in [9.17, 15) is 22.8 Å². The Bertz CT molecular complexity index is 441. The minimum absolute atomic E-state index is 0.139. The topological polar surface area (TPSA) is 64.6 Å². The van der Waals surface area contributed by atoms with E-state index in [4.69, 9.17) is 0 Å². The SMILES string of the molecule is COC(=O)C(=O)Nc1ccc(OC(F)(F)F)cc1. The highest BCUT2D eigenvalue weighted by molar-refractivity contribution is 6.37. The Hall–Kier alpha value is -2.25. The first-order valence-electron chi connectivity index (χ1n) is 4.57. The number of nitrogens with one attached hydrogen (secondary N) is 1. The number of alkyl halides is 3. The van der Waals surface area contributed by atoms with E-state index in [1.807, 2.05) is 0 Å². The second kappa shape index (κ2) is 5.39. The van der Waals surface area contributed by atoms with Crippen molar-refractivity contribution in [2.45, 2.75) is 6.36 Å². The summed E-state index contributed by atoms with van der Waals surface area (Å²) < 4.78 is 43.3. The van der Waals surface area contributed by atoms with Gasteiger partial charge in [-0.05, 0) is 24.3 Å². The monoisotopic (exact) mass is 263 g/mol. The molecule has 0 aliphatic heterocycles. The summed E-state index contributed by atoms with van der Waals surface area (Å²) in [6.45, 7) is 0. The highest BCUT2D eigenvalue weighted by Crippen LogP contribution is 2.23. The fourth-order valence-electron chi connectivity index (χ4n) is 1.01. The number of amides is 1. The molecule has 1 rings (SSSR count). The van der Waals surface area contributed by atoms with Gasteiger partial charge in [0.05, 0.1) is 7.11 Å². The summed E-state index contributed by atoms with van der Waals surface area (Å²) in [6.07, 6.45) is -4.78. The van der Waals surface area contributed by atoms with Gasteiger partial charge in [-0.1, -0.05) is 0 Å². The number of benzene rings is 1. The van der Waals surface area contributed by atoms with Crippen molar-refractivity contribution in [3.05, 3.63) is 24.3 Å². The third-order valence-corrected chi connectivity index (χ3v) is 1.72. The van der Waals surface area contributed by atoms with Crippen molar-refractivity contribution in [2.24, 2.45) is 0 Å². The molecule has 1 amide bonds. The van der Waals surface area contributed by atoms with Crippen molar-refractivity contribution >= 4 is 17.6 Å². The Labute approximate surface area is 99.5 Å². The van der Waals surface area contributed by atoms with Gasteiger partial charge in [-0.2, -0.15) is 0 Å². The molecule has 0 fully saturated rings. The fraction of sp³-hybridized carbons (Fsp3) is 0.200. The van der Waals surface area contributed by atoms with Gasteiger partial charge in [0.2, 0.25) is 0 Å². The van der Waals surface area contributed by atoms with Crippen molar-refractivity contribution in [1.29, 1.82) is 0 Å². The highest BCUT2D eigenvalue weighted by Gasteiger charge is 2.30. The Kier molecular flexibility index (Phi) is 4.13. The zero-order valence-corrected chi connectivity index (χ0v) is 9.08. The standard InChI is InChI=1S/C10H8F3NO4/c1-17-9(16)8(15)14-6-2-4-7(5-3-6)18-10(11,12)13/h2-5H,1H3,(H,14,15). The molecule has 18 heavy (non-hydrogen) atoms. The van der Waals surface area contributed by atoms with E-state index in [2.05, 4.69) is 14.8 Å². The molecule has 0 radical (unpaired) electrons. The van der Waals surface area contributed by atoms with Crippen molar-refractivity contribution in [2.75, 3.05) is 12.4 Å². The van der Waals surface area contributed by atoms with E-state index < -0.39 is 24.0 Å². The number of esters is 1. The maximum Gasteiger partial charge on any atom is 0.573 e. The van der Waals surface area contributed by atoms with Crippen LogP contribution < -0.4 is 10.1 Å². The number of carbonyl (C=O) groups excluding carboxylic acids is 2. The van der Waals surface area contributed by atoms with E-state index in [1.54, 1.807) is 0 Å². The molecule has 1 N–H and O–H groups in total. The predicted octanol–water partition coefficient (Wildman–Crippen LogP) is 1.70. The lowest BCUT2D eigenvalue weighted by atomic mass is 10.3. The third-order valence-electron chi connectivity index (χ3n) is 1.72. The van der Waals surface area contributed by atoms with Gasteiger partial charge in [0, 0.05) is 5.69 Å². The van der Waals surface area contributed by atoms with E-state index in [-0.39, 0.29) is 5.69 Å². The van der Waals surface area contributed by atoms with Crippen molar-refractivity contribution in [3.63, 3.8) is 0 Å². The summed E-state index contributed by atoms with van der Waals surface area (Å²) in [7, 11) is 1.03. The first-order chi connectivity index (χ1) is 8.31. The minimum atomic E-state index is -4.78. The first-order valence-corrected chi connectivity index (χ1v) is 4.57. The Morgan fingerprint density at radius 1 is 1.17 bits per heavy atom. The number of carbonyl (C=O) groups is 2. The molecule has 5 nitrogen and oxygen atoms in total. The smallest absolute Gasteiger partial charge is 0.462 e. The van der Waals surface area contributed by atoms with Crippen LogP contribution >= 0.6 is 0 Å². The predicted molar refractivity (Wildman–Crippen MR) is 53.8 cm³/mol. The third kappa shape index (κ3) is 4.32. The van der Waals surface area contributed by atoms with Crippen LogP contribution in [0, 0.1) is 0 Å². The van der Waals surface area contributed by atoms with Gasteiger partial charge >= 0.3 is 18.2 Å². The van der Waals surface area contributed by atoms with Crippen molar-refractivity contribution in [3.8, 4) is 5.75 Å². The molecule has 0 aliphatic carbocycles. The molecule has 0 spiro atoms. The van der Waals surface area contributed by atoms with Crippen LogP contribution in [0.25, 0.3) is 0 Å². The number of methoxy groups -OCH3 is 1. The zero-order valence-electron chi connectivity index (χ0n) is 9.08. The van der Waals surface area contributed by atoms with Crippen LogP contribution in [0.4, 0.5) is 18.9 Å². The Morgan fingerprint density at radius 2 is 1.72 bits per heavy atom. The number of hydrogen-bond acceptors (Lipinski definition) is 4. The van der Waals surface area contributed by atoms with Crippen LogP contribution in [0.3, 0.4) is 0 Å². The van der Waals surface area contributed by atoms with Gasteiger partial charge in [0.1, 0.15) is 5.75 Å². The van der Waals surface area contributed by atoms with Gasteiger partial charge in [0.25, 0.3) is 0 Å². The van der Waals surface area contributed by atoms with E-state index in [0.717, 1.165) is 31.4 Å². The lowest BCUT2D eigenvalue weighted by molar-refractivity contribution is -0.274. The number of hydrogen-bond donors (Lipinski definition) is 1. The number of rotatable bonds is 2. The molecule has 0 bridgehead atoms. The molecule has 8 heteroatoms. The summed E-state index contributed by atoms with van der Waals surface area (Å²) in [4.78, 5) is 21.8. The molecule has 0 aliphatic rings. The molecule has 0 unspecified atom stereocenters. The molecule has 0 aromatic heterocycles. The maximum absolute atomic E-state index is 11.9. The molecule has 1 aromatic rings. The molecular formula is C10H8F3NO4. The zero-order chi connectivity index (χ0) is 13.8. The molecule has 0 saturated carbocycles. The minimum Gasteiger partial charge on any atom is -0.462 e. The van der Waals surface area contributed by atoms with Gasteiger partial charge in [-0.25, -0.2) is 4.79 Å². The fourth-order valence-corrected chi connectivity index (χ4v) is 1.01. The van der Waals surface area contributed by atoms with Crippen LogP contribution in [0.1, 0.15) is 0 Å². The average Bonchev–Trinajstić information content (AvgIpc) is 2.28. The molecule has 0 atom stereocenters. The van der Waals surface area contributed by atoms with E-state index >= 15 is 0 Å². The average molecular weight is 263 g/mol. The largest absolute Gasteiger partial charge is 0.573 e. The molecule has 0 saturated heterocycles. The molecule has 98 valence electrons. The number of halogens is 3. The van der Waals surface area contributed by atoms with Gasteiger partial charge in [0.15, 0.2) is 0 Å². The maximum atomic E-state index is 11.9. The van der Waals surface area contributed by atoms with Crippen LogP contribution in [-0.2, 0) is 14.3 Å². The highest BCUT2D eigenvalue weighted by atomic mass is 19.4. The number of anilines is 1. The second-order valence-corrected chi connectivity index (χ2v) is 3.02. The Balaban J connectivity index is 2.66. The first kappa shape index (κ1) is 13.8. The lowest BCUT2D eigenvalue weighted by Crippen LogP contribution is -2.23. The van der Waals surface area contributed by atoms with Crippen LogP contribution in [-0.4, -0.2) is 25.3 Å². The van der Waals surface area contributed by atoms with Gasteiger partial charge in [-0.15, -0.1) is 13.2 Å². The summed E-state index contributed by atoms with van der Waals surface area (Å²) in [6, 6.07) is 4.31. The molecular weight excluding hydrogens is 255 g/mol. The van der Waals surface area contributed by atoms with Crippen molar-refractivity contribution in [1.82, 2.24) is 0 Å². The van der Waals surface area contributed by atoms with Crippen LogP contribution in [0.5, 0.6) is 5.75 Å².